The average molecular weight is 307 g/mol. The molecular weight excluding hydrogens is 292 g/mol. The zero-order chi connectivity index (χ0) is 14.2. The summed E-state index contributed by atoms with van der Waals surface area (Å²) in [6.45, 7) is 0. The molecule has 3 nitrogen and oxygen atoms in total. The summed E-state index contributed by atoms with van der Waals surface area (Å²) < 4.78 is 0. The molecule has 1 amide bonds. The maximum Gasteiger partial charge on any atom is 0.247 e. The molecule has 0 fully saturated rings. The van der Waals surface area contributed by atoms with Crippen molar-refractivity contribution >= 4 is 34.5 Å². The van der Waals surface area contributed by atoms with E-state index in [4.69, 9.17) is 17.3 Å². The number of nitrogens with one attached hydrogen (secondary N) is 1. The Balaban J connectivity index is 2.05. The number of halogens is 1. The summed E-state index contributed by atoms with van der Waals surface area (Å²) in [6.07, 6.45) is 2.67. The van der Waals surface area contributed by atoms with Crippen LogP contribution in [0.3, 0.4) is 0 Å². The van der Waals surface area contributed by atoms with Crippen molar-refractivity contribution in [3.63, 3.8) is 0 Å². The van der Waals surface area contributed by atoms with E-state index in [1.54, 1.807) is 17.4 Å². The number of nitrogens with two attached hydrogens (primary N) is 1. The number of carbonyl (C=O) groups is 1. The third-order valence-corrected chi connectivity index (χ3v) is 4.98. The molecule has 0 saturated heterocycles. The summed E-state index contributed by atoms with van der Waals surface area (Å²) in [5.74, 6) is -0.336. The first-order valence-electron chi connectivity index (χ1n) is 6.52. The van der Waals surface area contributed by atoms with Crippen LogP contribution >= 0.6 is 22.9 Å². The predicted octanol–water partition coefficient (Wildman–Crippen LogP) is 3.53. The van der Waals surface area contributed by atoms with Gasteiger partial charge in [-0.3, -0.25) is 4.79 Å². The molecule has 0 bridgehead atoms. The van der Waals surface area contributed by atoms with Gasteiger partial charge in [-0.25, -0.2) is 0 Å². The lowest BCUT2D eigenvalue weighted by Crippen LogP contribution is -2.49. The number of primary amides is 1. The molecule has 1 unspecified atom stereocenters. The summed E-state index contributed by atoms with van der Waals surface area (Å²) in [7, 11) is 0. The second-order valence-electron chi connectivity index (χ2n) is 5.02. The van der Waals surface area contributed by atoms with Crippen LogP contribution in [0.15, 0.2) is 35.7 Å². The van der Waals surface area contributed by atoms with E-state index in [1.807, 2.05) is 29.6 Å². The van der Waals surface area contributed by atoms with Crippen LogP contribution in [0, 0.1) is 0 Å². The van der Waals surface area contributed by atoms with E-state index < -0.39 is 5.54 Å². The lowest BCUT2D eigenvalue weighted by molar-refractivity contribution is -0.123. The molecule has 3 N–H and O–H groups in total. The van der Waals surface area contributed by atoms with E-state index in [1.165, 1.54) is 4.88 Å². The average Bonchev–Trinajstić information content (AvgIpc) is 2.88. The van der Waals surface area contributed by atoms with E-state index in [2.05, 4.69) is 5.32 Å². The number of fused-ring (bicyclic) bond motifs is 1. The number of benzene rings is 1. The lowest BCUT2D eigenvalue weighted by Gasteiger charge is -2.36. The number of amides is 1. The smallest absolute Gasteiger partial charge is 0.247 e. The SMILES string of the molecule is NC(=O)C1(Nc2cccc(Cl)c2)CCCc2sccc21. The minimum Gasteiger partial charge on any atom is -0.368 e. The molecule has 0 radical (unpaired) electrons. The molecule has 1 aliphatic carbocycles. The van der Waals surface area contributed by atoms with E-state index >= 15 is 0 Å². The van der Waals surface area contributed by atoms with Gasteiger partial charge in [0.15, 0.2) is 0 Å². The summed E-state index contributed by atoms with van der Waals surface area (Å²) in [6, 6.07) is 9.38. The Morgan fingerprint density at radius 3 is 3.00 bits per heavy atom. The number of hydrogen-bond acceptors (Lipinski definition) is 3. The van der Waals surface area contributed by atoms with Gasteiger partial charge in [-0.1, -0.05) is 17.7 Å². The fraction of sp³-hybridized carbons (Fsp3) is 0.267. The fourth-order valence-electron chi connectivity index (χ4n) is 2.82. The molecule has 2 aromatic rings. The maximum atomic E-state index is 12.2. The van der Waals surface area contributed by atoms with E-state index in [9.17, 15) is 4.79 Å². The van der Waals surface area contributed by atoms with Crippen LogP contribution in [-0.2, 0) is 16.8 Å². The summed E-state index contributed by atoms with van der Waals surface area (Å²) in [4.78, 5) is 13.4. The molecule has 3 rings (SSSR count). The van der Waals surface area contributed by atoms with E-state index in [0.717, 1.165) is 24.1 Å². The molecule has 1 atom stereocenters. The van der Waals surface area contributed by atoms with Crippen LogP contribution in [0.25, 0.3) is 0 Å². The second kappa shape index (κ2) is 5.11. The Morgan fingerprint density at radius 1 is 1.40 bits per heavy atom. The van der Waals surface area contributed by atoms with Crippen molar-refractivity contribution in [3.05, 3.63) is 51.2 Å². The maximum absolute atomic E-state index is 12.2. The highest BCUT2D eigenvalue weighted by atomic mass is 35.5. The van der Waals surface area contributed by atoms with Crippen molar-refractivity contribution in [1.82, 2.24) is 0 Å². The second-order valence-corrected chi connectivity index (χ2v) is 6.45. The number of anilines is 1. The molecule has 1 aliphatic rings. The minimum absolute atomic E-state index is 0.336. The molecule has 1 heterocycles. The van der Waals surface area contributed by atoms with Gasteiger partial charge in [0.25, 0.3) is 0 Å². The molecule has 0 saturated carbocycles. The molecule has 1 aromatic heterocycles. The first-order valence-corrected chi connectivity index (χ1v) is 7.78. The van der Waals surface area contributed by atoms with Crippen LogP contribution in [-0.4, -0.2) is 5.91 Å². The van der Waals surface area contributed by atoms with Gasteiger partial charge in [0.2, 0.25) is 5.91 Å². The third kappa shape index (κ3) is 2.19. The highest BCUT2D eigenvalue weighted by Gasteiger charge is 2.42. The zero-order valence-electron chi connectivity index (χ0n) is 10.9. The quantitative estimate of drug-likeness (QED) is 0.911. The standard InChI is InChI=1S/C15H15ClN2OS/c16-10-3-1-4-11(9-10)18-15(14(17)19)7-2-5-13-12(15)6-8-20-13/h1,3-4,6,8-9,18H,2,5,7H2,(H2,17,19). The number of carbonyl (C=O) groups excluding carboxylic acids is 1. The van der Waals surface area contributed by atoms with Gasteiger partial charge in [0, 0.05) is 21.2 Å². The van der Waals surface area contributed by atoms with Crippen molar-refractivity contribution in [3.8, 4) is 0 Å². The number of hydrogen-bond donors (Lipinski definition) is 2. The first-order chi connectivity index (χ1) is 9.62. The number of thiophene rings is 1. The van der Waals surface area contributed by atoms with Crippen molar-refractivity contribution < 1.29 is 4.79 Å². The summed E-state index contributed by atoms with van der Waals surface area (Å²) in [5.41, 5.74) is 6.74. The fourth-order valence-corrected chi connectivity index (χ4v) is 4.01. The lowest BCUT2D eigenvalue weighted by atomic mass is 9.79. The summed E-state index contributed by atoms with van der Waals surface area (Å²) >= 11 is 7.70. The third-order valence-electron chi connectivity index (χ3n) is 3.76. The molecule has 0 aliphatic heterocycles. The molecule has 1 aromatic carbocycles. The largest absolute Gasteiger partial charge is 0.368 e. The highest BCUT2D eigenvalue weighted by Crippen LogP contribution is 2.40. The Hall–Kier alpha value is -1.52. The number of aryl methyl sites for hydroxylation is 1. The van der Waals surface area contributed by atoms with Crippen LogP contribution < -0.4 is 11.1 Å². The van der Waals surface area contributed by atoms with Gasteiger partial charge in [0.05, 0.1) is 0 Å². The molecule has 5 heteroatoms. The number of rotatable bonds is 3. The molecular formula is C15H15ClN2OS. The van der Waals surface area contributed by atoms with Crippen molar-refractivity contribution in [2.45, 2.75) is 24.8 Å². The van der Waals surface area contributed by atoms with E-state index in [0.29, 0.717) is 11.4 Å². The predicted molar refractivity (Wildman–Crippen MR) is 83.2 cm³/mol. The van der Waals surface area contributed by atoms with Gasteiger partial charge in [0.1, 0.15) is 5.54 Å². The van der Waals surface area contributed by atoms with Crippen molar-refractivity contribution in [2.24, 2.45) is 5.73 Å². The van der Waals surface area contributed by atoms with Gasteiger partial charge in [-0.15, -0.1) is 11.3 Å². The van der Waals surface area contributed by atoms with Crippen LogP contribution in [0.4, 0.5) is 5.69 Å². The Labute approximate surface area is 126 Å². The summed E-state index contributed by atoms with van der Waals surface area (Å²) in [5, 5.41) is 5.98. The Morgan fingerprint density at radius 2 is 2.25 bits per heavy atom. The monoisotopic (exact) mass is 306 g/mol. The Bertz CT molecular complexity index is 655. The molecule has 104 valence electrons. The van der Waals surface area contributed by atoms with Crippen molar-refractivity contribution in [1.29, 1.82) is 0 Å². The van der Waals surface area contributed by atoms with Crippen LogP contribution in [0.5, 0.6) is 0 Å². The minimum atomic E-state index is -0.821. The highest BCUT2D eigenvalue weighted by molar-refractivity contribution is 7.10. The van der Waals surface area contributed by atoms with Gasteiger partial charge >= 0.3 is 0 Å². The zero-order valence-corrected chi connectivity index (χ0v) is 12.4. The van der Waals surface area contributed by atoms with Gasteiger partial charge in [-0.05, 0) is 48.9 Å². The Kier molecular flexibility index (Phi) is 3.44. The van der Waals surface area contributed by atoms with Gasteiger partial charge < -0.3 is 11.1 Å². The topological polar surface area (TPSA) is 55.1 Å². The molecule has 20 heavy (non-hydrogen) atoms. The molecule has 0 spiro atoms. The van der Waals surface area contributed by atoms with Gasteiger partial charge in [-0.2, -0.15) is 0 Å². The van der Waals surface area contributed by atoms with E-state index in [-0.39, 0.29) is 5.91 Å². The first kappa shape index (κ1) is 13.5. The van der Waals surface area contributed by atoms with Crippen LogP contribution in [0.1, 0.15) is 23.3 Å². The van der Waals surface area contributed by atoms with Crippen molar-refractivity contribution in [2.75, 3.05) is 5.32 Å². The normalized spacial score (nSPS) is 21.2. The van der Waals surface area contributed by atoms with Crippen LogP contribution in [0.2, 0.25) is 5.02 Å².